The molecule has 1 aliphatic heterocycles. The summed E-state index contributed by atoms with van der Waals surface area (Å²) < 4.78 is 5.52. The van der Waals surface area contributed by atoms with Crippen molar-refractivity contribution in [3.63, 3.8) is 0 Å². The smallest absolute Gasteiger partial charge is 0.124 e. The minimum atomic E-state index is 0.808. The Bertz CT molecular complexity index is 339. The third kappa shape index (κ3) is 0.886. The van der Waals surface area contributed by atoms with E-state index < -0.39 is 0 Å². The van der Waals surface area contributed by atoms with Crippen molar-refractivity contribution in [2.45, 2.75) is 25.7 Å². The highest BCUT2D eigenvalue weighted by Crippen LogP contribution is 2.38. The van der Waals surface area contributed by atoms with E-state index in [-0.39, 0.29) is 0 Å². The van der Waals surface area contributed by atoms with Gasteiger partial charge in [-0.05, 0) is 36.5 Å². The summed E-state index contributed by atoms with van der Waals surface area (Å²) in [5.74, 6) is 1.04. The van der Waals surface area contributed by atoms with Crippen LogP contribution in [0.1, 0.15) is 23.1 Å². The molecule has 68 valence electrons. The first-order valence-electron chi connectivity index (χ1n) is 4.92. The molecular formula is C11H13NO. The Morgan fingerprint density at radius 2 is 2.08 bits per heavy atom. The van der Waals surface area contributed by atoms with E-state index in [1.54, 1.807) is 0 Å². The predicted octanol–water partition coefficient (Wildman–Crippen LogP) is 1.69. The number of hydrogen-bond acceptors (Lipinski definition) is 2. The molecule has 2 N–H and O–H groups in total. The third-order valence-electron chi connectivity index (χ3n) is 3.12. The molecule has 1 aromatic carbocycles. The predicted molar refractivity (Wildman–Crippen MR) is 52.1 cm³/mol. The number of nitrogen functional groups attached to an aromatic ring is 1. The molecule has 13 heavy (non-hydrogen) atoms. The molecule has 2 aliphatic rings. The van der Waals surface area contributed by atoms with Gasteiger partial charge in [-0.25, -0.2) is 0 Å². The van der Waals surface area contributed by atoms with Gasteiger partial charge >= 0.3 is 0 Å². The number of benzene rings is 1. The maximum atomic E-state index is 6.11. The number of fused-ring (bicyclic) bond motifs is 2. The highest BCUT2D eigenvalue weighted by Gasteiger charge is 2.23. The normalized spacial score (nSPS) is 18.2. The van der Waals surface area contributed by atoms with Crippen molar-refractivity contribution in [1.82, 2.24) is 0 Å². The molecule has 1 heterocycles. The molecule has 0 saturated carbocycles. The van der Waals surface area contributed by atoms with Crippen molar-refractivity contribution in [1.29, 1.82) is 0 Å². The van der Waals surface area contributed by atoms with Gasteiger partial charge in [-0.15, -0.1) is 0 Å². The maximum absolute atomic E-state index is 6.11. The first-order chi connectivity index (χ1) is 6.36. The first-order valence-corrected chi connectivity index (χ1v) is 4.92. The Hall–Kier alpha value is -1.18. The molecular weight excluding hydrogens is 162 g/mol. The van der Waals surface area contributed by atoms with E-state index in [1.165, 1.54) is 29.5 Å². The lowest BCUT2D eigenvalue weighted by molar-refractivity contribution is 0.356. The van der Waals surface area contributed by atoms with Gasteiger partial charge in [0.25, 0.3) is 0 Å². The minimum absolute atomic E-state index is 0.808. The number of anilines is 1. The highest BCUT2D eigenvalue weighted by atomic mass is 16.5. The molecule has 0 spiro atoms. The number of ether oxygens (including phenoxy) is 1. The summed E-state index contributed by atoms with van der Waals surface area (Å²) in [7, 11) is 0. The van der Waals surface area contributed by atoms with Crippen LogP contribution in [0.15, 0.2) is 6.07 Å². The number of rotatable bonds is 0. The molecule has 2 heteroatoms. The zero-order valence-electron chi connectivity index (χ0n) is 7.60. The van der Waals surface area contributed by atoms with Gasteiger partial charge in [0.05, 0.1) is 6.61 Å². The fourth-order valence-electron chi connectivity index (χ4n) is 2.44. The molecule has 0 bridgehead atoms. The lowest BCUT2D eigenvalue weighted by Crippen LogP contribution is -1.97. The van der Waals surface area contributed by atoms with E-state index in [1.807, 2.05) is 0 Å². The zero-order chi connectivity index (χ0) is 8.84. The average Bonchev–Trinajstić information content (AvgIpc) is 2.71. The van der Waals surface area contributed by atoms with Crippen molar-refractivity contribution < 1.29 is 4.74 Å². The van der Waals surface area contributed by atoms with E-state index >= 15 is 0 Å². The van der Waals surface area contributed by atoms with Crippen LogP contribution in [0.3, 0.4) is 0 Å². The van der Waals surface area contributed by atoms with Crippen molar-refractivity contribution in [3.05, 3.63) is 22.8 Å². The second kappa shape index (κ2) is 2.41. The molecule has 0 atom stereocenters. The number of aryl methyl sites for hydroxylation is 1. The summed E-state index contributed by atoms with van der Waals surface area (Å²) in [6.45, 7) is 0.808. The van der Waals surface area contributed by atoms with Gasteiger partial charge in [-0.3, -0.25) is 0 Å². The van der Waals surface area contributed by atoms with Gasteiger partial charge in [-0.1, -0.05) is 0 Å². The van der Waals surface area contributed by atoms with Crippen LogP contribution < -0.4 is 10.5 Å². The van der Waals surface area contributed by atoms with Crippen molar-refractivity contribution in [2.75, 3.05) is 12.3 Å². The van der Waals surface area contributed by atoms with Crippen LogP contribution in [0, 0.1) is 0 Å². The Morgan fingerprint density at radius 1 is 1.15 bits per heavy atom. The van der Waals surface area contributed by atoms with Crippen LogP contribution in [-0.4, -0.2) is 6.61 Å². The highest BCUT2D eigenvalue weighted by molar-refractivity contribution is 5.65. The fourth-order valence-corrected chi connectivity index (χ4v) is 2.44. The van der Waals surface area contributed by atoms with E-state index in [9.17, 15) is 0 Å². The lowest BCUT2D eigenvalue weighted by atomic mass is 10.0. The van der Waals surface area contributed by atoms with E-state index in [4.69, 9.17) is 10.5 Å². The van der Waals surface area contributed by atoms with Crippen molar-refractivity contribution in [2.24, 2.45) is 0 Å². The van der Waals surface area contributed by atoms with Crippen molar-refractivity contribution in [3.8, 4) is 5.75 Å². The summed E-state index contributed by atoms with van der Waals surface area (Å²) in [6.07, 6.45) is 4.58. The van der Waals surface area contributed by atoms with Crippen LogP contribution >= 0.6 is 0 Å². The SMILES string of the molecule is Nc1c2c(cc3c1CCO3)CCC2. The molecule has 0 unspecified atom stereocenters. The quantitative estimate of drug-likeness (QED) is 0.609. The molecule has 1 aromatic rings. The molecule has 0 saturated heterocycles. The summed E-state index contributed by atoms with van der Waals surface area (Å²) in [4.78, 5) is 0. The van der Waals surface area contributed by atoms with E-state index in [0.717, 1.165) is 30.9 Å². The van der Waals surface area contributed by atoms with Gasteiger partial charge in [0.1, 0.15) is 5.75 Å². The van der Waals surface area contributed by atoms with Gasteiger partial charge in [0.15, 0.2) is 0 Å². The van der Waals surface area contributed by atoms with Crippen LogP contribution in [0.4, 0.5) is 5.69 Å². The van der Waals surface area contributed by atoms with Crippen LogP contribution in [0.25, 0.3) is 0 Å². The monoisotopic (exact) mass is 175 g/mol. The Labute approximate surface area is 77.7 Å². The molecule has 0 radical (unpaired) electrons. The topological polar surface area (TPSA) is 35.2 Å². The summed E-state index contributed by atoms with van der Waals surface area (Å²) in [5, 5.41) is 0. The molecule has 0 fully saturated rings. The lowest BCUT2D eigenvalue weighted by Gasteiger charge is -2.08. The van der Waals surface area contributed by atoms with Gasteiger partial charge in [0.2, 0.25) is 0 Å². The number of hydrogen-bond donors (Lipinski definition) is 1. The molecule has 1 aliphatic carbocycles. The third-order valence-corrected chi connectivity index (χ3v) is 3.12. The zero-order valence-corrected chi connectivity index (χ0v) is 7.60. The Morgan fingerprint density at radius 3 is 3.00 bits per heavy atom. The van der Waals surface area contributed by atoms with Crippen LogP contribution in [-0.2, 0) is 19.3 Å². The largest absolute Gasteiger partial charge is 0.493 e. The molecule has 0 aromatic heterocycles. The van der Waals surface area contributed by atoms with E-state index in [2.05, 4.69) is 6.07 Å². The van der Waals surface area contributed by atoms with Crippen LogP contribution in [0.2, 0.25) is 0 Å². The van der Waals surface area contributed by atoms with E-state index in [0.29, 0.717) is 0 Å². The number of nitrogens with two attached hydrogens (primary N) is 1. The second-order valence-corrected chi connectivity index (χ2v) is 3.86. The molecule has 2 nitrogen and oxygen atoms in total. The maximum Gasteiger partial charge on any atom is 0.124 e. The van der Waals surface area contributed by atoms with Crippen molar-refractivity contribution >= 4 is 5.69 Å². The summed E-state index contributed by atoms with van der Waals surface area (Å²) in [6, 6.07) is 2.20. The fraction of sp³-hybridized carbons (Fsp3) is 0.455. The molecule has 3 rings (SSSR count). The minimum Gasteiger partial charge on any atom is -0.493 e. The summed E-state index contributed by atoms with van der Waals surface area (Å²) >= 11 is 0. The van der Waals surface area contributed by atoms with Gasteiger partial charge in [-0.2, -0.15) is 0 Å². The second-order valence-electron chi connectivity index (χ2n) is 3.86. The van der Waals surface area contributed by atoms with Gasteiger partial charge in [0, 0.05) is 17.7 Å². The standard InChI is InChI=1S/C11H13NO/c12-11-8-3-1-2-7(8)6-10-9(11)4-5-13-10/h6H,1-5,12H2. The Kier molecular flexibility index (Phi) is 1.34. The Balaban J connectivity index is 2.26. The average molecular weight is 175 g/mol. The van der Waals surface area contributed by atoms with Crippen LogP contribution in [0.5, 0.6) is 5.75 Å². The first kappa shape index (κ1) is 7.25. The molecule has 0 amide bonds. The van der Waals surface area contributed by atoms with Gasteiger partial charge < -0.3 is 10.5 Å². The summed E-state index contributed by atoms with van der Waals surface area (Å²) in [5.41, 5.74) is 11.2.